The largest absolute Gasteiger partial charge is 0.465 e. The number of aryl methyl sites for hydroxylation is 1. The van der Waals surface area contributed by atoms with Crippen LogP contribution in [-0.2, 0) is 11.3 Å². The second-order valence-electron chi connectivity index (χ2n) is 8.32. The van der Waals surface area contributed by atoms with Gasteiger partial charge in [-0.15, -0.1) is 0 Å². The molecule has 1 N–H and O–H groups in total. The second kappa shape index (κ2) is 9.21. The maximum absolute atomic E-state index is 15.1. The summed E-state index contributed by atoms with van der Waals surface area (Å²) >= 11 is 0. The number of pyridine rings is 1. The Morgan fingerprint density at radius 1 is 1.23 bits per heavy atom. The number of carbonyl (C=O) groups is 1. The fraction of sp³-hybridized carbons (Fsp3) is 0.280. The molecule has 1 saturated heterocycles. The van der Waals surface area contributed by atoms with Crippen molar-refractivity contribution < 1.29 is 13.9 Å². The van der Waals surface area contributed by atoms with Gasteiger partial charge in [-0.3, -0.25) is 4.79 Å². The number of fused-ring (bicyclic) bond motifs is 2. The molecule has 0 unspecified atom stereocenters. The number of aliphatic imine (C=N–C) groups is 1. The van der Waals surface area contributed by atoms with Crippen LogP contribution in [0.1, 0.15) is 17.3 Å². The van der Waals surface area contributed by atoms with Crippen LogP contribution in [0.5, 0.6) is 0 Å². The zero-order chi connectivity index (χ0) is 24.5. The van der Waals surface area contributed by atoms with Crippen LogP contribution in [0, 0.1) is 5.82 Å². The monoisotopic (exact) mass is 476 g/mol. The van der Waals surface area contributed by atoms with Gasteiger partial charge in [-0.05, 0) is 31.2 Å². The van der Waals surface area contributed by atoms with Crippen molar-refractivity contribution in [2.24, 2.45) is 4.99 Å². The van der Waals surface area contributed by atoms with Crippen molar-refractivity contribution in [3.8, 4) is 0 Å². The molecule has 2 aromatic carbocycles. The molecule has 1 aliphatic rings. The molecule has 0 bridgehead atoms. The van der Waals surface area contributed by atoms with Gasteiger partial charge in [0.2, 0.25) is 11.4 Å². The topological polar surface area (TPSA) is 95.8 Å². The standard InChI is InChI=1S/C25H25FN6O3/c1-3-31-14-17(24(34)35-2)23(33)16-12-18(26)22(13-21(16)31)32-10-8-30(9-11-32)15-27-25-28-19-6-4-5-7-20(19)29-25/h4-7,12-15H,3,8-11H2,1-2H3,(H,28,29). The van der Waals surface area contributed by atoms with Gasteiger partial charge in [0, 0.05) is 44.3 Å². The molecular formula is C25H25FN6O3. The molecule has 0 aliphatic carbocycles. The molecule has 180 valence electrons. The molecule has 10 heteroatoms. The number of nitrogens with one attached hydrogen (secondary N) is 1. The number of hydrogen-bond donors (Lipinski definition) is 1. The molecule has 1 aliphatic heterocycles. The van der Waals surface area contributed by atoms with Crippen molar-refractivity contribution >= 4 is 45.9 Å². The molecule has 1 fully saturated rings. The number of esters is 1. The van der Waals surface area contributed by atoms with E-state index in [1.807, 2.05) is 36.1 Å². The lowest BCUT2D eigenvalue weighted by molar-refractivity contribution is 0.0598. The number of nitrogens with zero attached hydrogens (tertiary/aromatic N) is 5. The van der Waals surface area contributed by atoms with E-state index in [4.69, 9.17) is 4.74 Å². The highest BCUT2D eigenvalue weighted by Crippen LogP contribution is 2.26. The Hall–Kier alpha value is -4.21. The molecule has 0 atom stereocenters. The van der Waals surface area contributed by atoms with Gasteiger partial charge < -0.3 is 24.1 Å². The SMILES string of the molecule is CCn1cc(C(=O)OC)c(=O)c2cc(F)c(N3CCN(C=Nc4nc5ccccc5[nH]4)CC3)cc21. The average Bonchev–Trinajstić information content (AvgIpc) is 3.31. The minimum atomic E-state index is -0.732. The van der Waals surface area contributed by atoms with Crippen molar-refractivity contribution in [1.82, 2.24) is 19.4 Å². The molecule has 35 heavy (non-hydrogen) atoms. The zero-order valence-corrected chi connectivity index (χ0v) is 19.5. The number of anilines is 1. The first kappa shape index (κ1) is 22.6. The van der Waals surface area contributed by atoms with E-state index in [2.05, 4.69) is 19.9 Å². The van der Waals surface area contributed by atoms with Crippen LogP contribution in [0.15, 0.2) is 52.4 Å². The number of aromatic amines is 1. The molecule has 0 amide bonds. The summed E-state index contributed by atoms with van der Waals surface area (Å²) in [4.78, 5) is 40.9. The number of rotatable bonds is 5. The van der Waals surface area contributed by atoms with Crippen LogP contribution in [-0.4, -0.2) is 65.0 Å². The zero-order valence-electron chi connectivity index (χ0n) is 19.5. The molecule has 9 nitrogen and oxygen atoms in total. The van der Waals surface area contributed by atoms with Crippen LogP contribution in [0.3, 0.4) is 0 Å². The lowest BCUT2D eigenvalue weighted by Gasteiger charge is -2.35. The Morgan fingerprint density at radius 3 is 2.71 bits per heavy atom. The second-order valence-corrected chi connectivity index (χ2v) is 8.32. The van der Waals surface area contributed by atoms with E-state index in [1.54, 1.807) is 17.0 Å². The van der Waals surface area contributed by atoms with Crippen molar-refractivity contribution in [2.45, 2.75) is 13.5 Å². The highest BCUT2D eigenvalue weighted by Gasteiger charge is 2.22. The summed E-state index contributed by atoms with van der Waals surface area (Å²) in [7, 11) is 1.22. The van der Waals surface area contributed by atoms with Gasteiger partial charge in [-0.1, -0.05) is 12.1 Å². The summed E-state index contributed by atoms with van der Waals surface area (Å²) in [5, 5.41) is 0.160. The maximum Gasteiger partial charge on any atom is 0.343 e. The Bertz CT molecular complexity index is 1470. The molecule has 4 aromatic rings. The maximum atomic E-state index is 15.1. The van der Waals surface area contributed by atoms with E-state index in [0.717, 1.165) is 11.0 Å². The Balaban J connectivity index is 1.36. The summed E-state index contributed by atoms with van der Waals surface area (Å²) in [5.41, 5.74) is 2.16. The van der Waals surface area contributed by atoms with E-state index >= 15 is 4.39 Å². The number of imidazole rings is 1. The fourth-order valence-corrected chi connectivity index (χ4v) is 4.37. The van der Waals surface area contributed by atoms with E-state index in [0.29, 0.717) is 49.9 Å². The molecule has 5 rings (SSSR count). The lowest BCUT2D eigenvalue weighted by Crippen LogP contribution is -2.46. The minimum Gasteiger partial charge on any atom is -0.465 e. The Labute approximate surface area is 200 Å². The van der Waals surface area contributed by atoms with Crippen LogP contribution >= 0.6 is 0 Å². The number of methoxy groups -OCH3 is 1. The summed E-state index contributed by atoms with van der Waals surface area (Å²) in [6.45, 7) is 4.90. The number of ether oxygens (including phenoxy) is 1. The first-order valence-corrected chi connectivity index (χ1v) is 11.4. The number of piperazine rings is 1. The minimum absolute atomic E-state index is 0.105. The van der Waals surface area contributed by atoms with Gasteiger partial charge in [0.15, 0.2) is 0 Å². The number of halogens is 1. The first-order chi connectivity index (χ1) is 17.0. The van der Waals surface area contributed by atoms with Crippen molar-refractivity contribution in [3.05, 3.63) is 64.2 Å². The fourth-order valence-electron chi connectivity index (χ4n) is 4.37. The highest BCUT2D eigenvalue weighted by atomic mass is 19.1. The van der Waals surface area contributed by atoms with Crippen LogP contribution < -0.4 is 10.3 Å². The van der Waals surface area contributed by atoms with E-state index in [-0.39, 0.29) is 10.9 Å². The van der Waals surface area contributed by atoms with Gasteiger partial charge in [0.1, 0.15) is 11.4 Å². The third-order valence-corrected chi connectivity index (χ3v) is 6.27. The molecule has 0 spiro atoms. The third kappa shape index (κ3) is 4.23. The molecule has 0 radical (unpaired) electrons. The quantitative estimate of drug-likeness (QED) is 0.270. The summed E-state index contributed by atoms with van der Waals surface area (Å²) in [6, 6.07) is 10.7. The van der Waals surface area contributed by atoms with Gasteiger partial charge in [0.05, 0.1) is 35.7 Å². The summed E-state index contributed by atoms with van der Waals surface area (Å²) in [6.07, 6.45) is 3.24. The Morgan fingerprint density at radius 2 is 2.00 bits per heavy atom. The van der Waals surface area contributed by atoms with Crippen molar-refractivity contribution in [2.75, 3.05) is 38.2 Å². The highest BCUT2D eigenvalue weighted by molar-refractivity contribution is 5.94. The molecular weight excluding hydrogens is 451 g/mol. The first-order valence-electron chi connectivity index (χ1n) is 11.4. The van der Waals surface area contributed by atoms with Gasteiger partial charge in [0.25, 0.3) is 0 Å². The van der Waals surface area contributed by atoms with Crippen LogP contribution in [0.25, 0.3) is 21.9 Å². The number of carbonyl (C=O) groups excluding carboxylic acids is 1. The number of benzene rings is 2. The van der Waals surface area contributed by atoms with Crippen LogP contribution in [0.4, 0.5) is 16.0 Å². The predicted molar refractivity (Wildman–Crippen MR) is 133 cm³/mol. The number of para-hydroxylation sites is 2. The average molecular weight is 477 g/mol. The van der Waals surface area contributed by atoms with E-state index < -0.39 is 17.2 Å². The lowest BCUT2D eigenvalue weighted by atomic mass is 10.1. The van der Waals surface area contributed by atoms with E-state index in [1.165, 1.54) is 19.4 Å². The molecule has 0 saturated carbocycles. The molecule has 3 heterocycles. The van der Waals surface area contributed by atoms with Gasteiger partial charge >= 0.3 is 5.97 Å². The summed E-state index contributed by atoms with van der Waals surface area (Å²) in [5.74, 6) is -0.689. The van der Waals surface area contributed by atoms with Crippen molar-refractivity contribution in [3.63, 3.8) is 0 Å². The summed E-state index contributed by atoms with van der Waals surface area (Å²) < 4.78 is 21.6. The normalized spacial score (nSPS) is 14.4. The van der Waals surface area contributed by atoms with E-state index in [9.17, 15) is 9.59 Å². The smallest absolute Gasteiger partial charge is 0.343 e. The van der Waals surface area contributed by atoms with Crippen molar-refractivity contribution in [1.29, 1.82) is 0 Å². The number of hydrogen-bond acceptors (Lipinski definition) is 6. The van der Waals surface area contributed by atoms with Crippen LogP contribution in [0.2, 0.25) is 0 Å². The van der Waals surface area contributed by atoms with Gasteiger partial charge in [-0.25, -0.2) is 19.2 Å². The predicted octanol–water partition coefficient (Wildman–Crippen LogP) is 3.31. The Kier molecular flexibility index (Phi) is 5.94. The molecule has 2 aromatic heterocycles. The number of aromatic nitrogens is 3. The van der Waals surface area contributed by atoms with Gasteiger partial charge in [-0.2, -0.15) is 0 Å². The third-order valence-electron chi connectivity index (χ3n) is 6.27. The number of H-pyrrole nitrogens is 1.